The van der Waals surface area contributed by atoms with Gasteiger partial charge in [0.05, 0.1) is 0 Å². The van der Waals surface area contributed by atoms with Gasteiger partial charge in [-0.25, -0.2) is 0 Å². The Morgan fingerprint density at radius 3 is 2.94 bits per heavy atom. The summed E-state index contributed by atoms with van der Waals surface area (Å²) in [5, 5.41) is 8.29. The molecule has 1 aromatic carbocycles. The molecule has 1 aromatic heterocycles. The summed E-state index contributed by atoms with van der Waals surface area (Å²) in [6, 6.07) is 11.8. The number of rotatable bonds is 4. The van der Waals surface area contributed by atoms with Crippen LogP contribution in [0.15, 0.2) is 41.8 Å². The quantitative estimate of drug-likeness (QED) is 0.885. The van der Waals surface area contributed by atoms with Crippen LogP contribution in [0.1, 0.15) is 16.5 Å². The van der Waals surface area contributed by atoms with E-state index >= 15 is 0 Å². The van der Waals surface area contributed by atoms with Crippen LogP contribution in [-0.2, 0) is 11.2 Å². The van der Waals surface area contributed by atoms with E-state index < -0.39 is 0 Å². The number of nitrogens with one attached hydrogen (secondary N) is 2. The molecule has 1 amide bonds. The van der Waals surface area contributed by atoms with Crippen molar-refractivity contribution in [3.05, 3.63) is 52.2 Å². The third-order valence-corrected chi connectivity index (χ3v) is 4.03. The zero-order valence-corrected chi connectivity index (χ0v) is 10.7. The lowest BCUT2D eigenvalue weighted by atomic mass is 10.1. The Morgan fingerprint density at radius 1 is 1.22 bits per heavy atom. The van der Waals surface area contributed by atoms with Gasteiger partial charge in [-0.1, -0.05) is 24.3 Å². The highest BCUT2D eigenvalue weighted by Gasteiger charge is 2.29. The zero-order chi connectivity index (χ0) is 12.4. The number of anilines is 1. The number of para-hydroxylation sites is 1. The Morgan fingerprint density at radius 2 is 2.11 bits per heavy atom. The Kier molecular flexibility index (Phi) is 3.13. The van der Waals surface area contributed by atoms with Gasteiger partial charge in [0.2, 0.25) is 5.91 Å². The van der Waals surface area contributed by atoms with Crippen LogP contribution in [0, 0.1) is 0 Å². The summed E-state index contributed by atoms with van der Waals surface area (Å²) in [5.41, 5.74) is 1.98. The van der Waals surface area contributed by atoms with Crippen molar-refractivity contribution in [2.24, 2.45) is 0 Å². The van der Waals surface area contributed by atoms with Crippen LogP contribution < -0.4 is 10.6 Å². The predicted molar refractivity (Wildman–Crippen MR) is 73.8 cm³/mol. The van der Waals surface area contributed by atoms with E-state index in [0.717, 1.165) is 24.2 Å². The van der Waals surface area contributed by atoms with E-state index in [0.29, 0.717) is 0 Å². The molecule has 0 aliphatic carbocycles. The zero-order valence-electron chi connectivity index (χ0n) is 9.85. The number of carbonyl (C=O) groups excluding carboxylic acids is 1. The molecule has 0 bridgehead atoms. The molecule has 1 aliphatic heterocycles. The smallest absolute Gasteiger partial charge is 0.246 e. The SMILES string of the molecule is O=C1Nc2ccccc2C1NCCc1cccs1. The van der Waals surface area contributed by atoms with E-state index in [1.807, 2.05) is 24.3 Å². The molecule has 0 fully saturated rings. The molecule has 0 spiro atoms. The maximum Gasteiger partial charge on any atom is 0.246 e. The summed E-state index contributed by atoms with van der Waals surface area (Å²) in [7, 11) is 0. The van der Waals surface area contributed by atoms with E-state index in [2.05, 4.69) is 28.1 Å². The number of carbonyl (C=O) groups is 1. The van der Waals surface area contributed by atoms with Gasteiger partial charge in [0, 0.05) is 22.7 Å². The largest absolute Gasteiger partial charge is 0.324 e. The van der Waals surface area contributed by atoms with Gasteiger partial charge in [-0.3, -0.25) is 4.79 Å². The monoisotopic (exact) mass is 258 g/mol. The van der Waals surface area contributed by atoms with Crippen LogP contribution >= 0.6 is 11.3 Å². The van der Waals surface area contributed by atoms with E-state index in [4.69, 9.17) is 0 Å². The molecule has 92 valence electrons. The Bertz CT molecular complexity index is 551. The molecule has 2 aromatic rings. The number of fused-ring (bicyclic) bond motifs is 1. The molecule has 18 heavy (non-hydrogen) atoms. The lowest BCUT2D eigenvalue weighted by molar-refractivity contribution is -0.117. The summed E-state index contributed by atoms with van der Waals surface area (Å²) >= 11 is 1.75. The van der Waals surface area contributed by atoms with Crippen molar-refractivity contribution in [3.63, 3.8) is 0 Å². The van der Waals surface area contributed by atoms with Crippen molar-refractivity contribution in [3.8, 4) is 0 Å². The first-order valence-electron chi connectivity index (χ1n) is 6.00. The summed E-state index contributed by atoms with van der Waals surface area (Å²) in [6.07, 6.45) is 0.962. The molecule has 0 saturated heterocycles. The van der Waals surface area contributed by atoms with Crippen molar-refractivity contribution in [1.82, 2.24) is 5.32 Å². The van der Waals surface area contributed by atoms with Crippen LogP contribution in [0.25, 0.3) is 0 Å². The molecule has 1 unspecified atom stereocenters. The Hall–Kier alpha value is -1.65. The maximum atomic E-state index is 11.9. The topological polar surface area (TPSA) is 41.1 Å². The van der Waals surface area contributed by atoms with Gasteiger partial charge in [0.1, 0.15) is 6.04 Å². The summed E-state index contributed by atoms with van der Waals surface area (Å²) < 4.78 is 0. The molecule has 1 aliphatic rings. The highest BCUT2D eigenvalue weighted by atomic mass is 32.1. The van der Waals surface area contributed by atoms with E-state index in [9.17, 15) is 4.79 Å². The van der Waals surface area contributed by atoms with Crippen molar-refractivity contribution in [1.29, 1.82) is 0 Å². The first-order valence-corrected chi connectivity index (χ1v) is 6.88. The van der Waals surface area contributed by atoms with Gasteiger partial charge in [0.25, 0.3) is 0 Å². The average Bonchev–Trinajstić information content (AvgIpc) is 2.98. The van der Waals surface area contributed by atoms with Gasteiger partial charge < -0.3 is 10.6 Å². The van der Waals surface area contributed by atoms with Crippen molar-refractivity contribution in [2.45, 2.75) is 12.5 Å². The molecular weight excluding hydrogens is 244 g/mol. The van der Waals surface area contributed by atoms with Crippen LogP contribution in [-0.4, -0.2) is 12.5 Å². The van der Waals surface area contributed by atoms with Gasteiger partial charge in [0.15, 0.2) is 0 Å². The number of amides is 1. The fourth-order valence-electron chi connectivity index (χ4n) is 2.21. The molecule has 4 heteroatoms. The van der Waals surface area contributed by atoms with Crippen LogP contribution in [0.4, 0.5) is 5.69 Å². The second kappa shape index (κ2) is 4.92. The van der Waals surface area contributed by atoms with Gasteiger partial charge in [-0.05, 0) is 23.9 Å². The Labute approximate surface area is 110 Å². The van der Waals surface area contributed by atoms with E-state index in [1.54, 1.807) is 11.3 Å². The van der Waals surface area contributed by atoms with Crippen LogP contribution in [0.2, 0.25) is 0 Å². The summed E-state index contributed by atoms with van der Waals surface area (Å²) in [5.74, 6) is 0.0439. The van der Waals surface area contributed by atoms with Crippen LogP contribution in [0.5, 0.6) is 0 Å². The molecule has 0 radical (unpaired) electrons. The summed E-state index contributed by atoms with van der Waals surface area (Å²) in [6.45, 7) is 0.812. The molecule has 2 heterocycles. The molecule has 1 atom stereocenters. The lowest BCUT2D eigenvalue weighted by Gasteiger charge is -2.10. The highest BCUT2D eigenvalue weighted by Crippen LogP contribution is 2.29. The fourth-order valence-corrected chi connectivity index (χ4v) is 2.91. The minimum Gasteiger partial charge on any atom is -0.324 e. The van der Waals surface area contributed by atoms with Gasteiger partial charge in [-0.2, -0.15) is 0 Å². The number of thiophene rings is 1. The lowest BCUT2D eigenvalue weighted by Crippen LogP contribution is -2.29. The van der Waals surface area contributed by atoms with Crippen molar-refractivity contribution >= 4 is 22.9 Å². The molecule has 3 rings (SSSR count). The second-order valence-electron chi connectivity index (χ2n) is 4.29. The number of hydrogen-bond donors (Lipinski definition) is 2. The van der Waals surface area contributed by atoms with E-state index in [1.165, 1.54) is 4.88 Å². The van der Waals surface area contributed by atoms with Crippen LogP contribution in [0.3, 0.4) is 0 Å². The molecule has 3 nitrogen and oxygen atoms in total. The second-order valence-corrected chi connectivity index (χ2v) is 5.33. The van der Waals surface area contributed by atoms with Gasteiger partial charge in [-0.15, -0.1) is 11.3 Å². The molecular formula is C14H14N2OS. The normalized spacial score (nSPS) is 17.6. The number of hydrogen-bond acceptors (Lipinski definition) is 3. The summed E-state index contributed by atoms with van der Waals surface area (Å²) in [4.78, 5) is 13.2. The first-order chi connectivity index (χ1) is 8.84. The third-order valence-electron chi connectivity index (χ3n) is 3.09. The first kappa shape index (κ1) is 11.4. The predicted octanol–water partition coefficient (Wildman–Crippen LogP) is 2.57. The average molecular weight is 258 g/mol. The molecule has 0 saturated carbocycles. The van der Waals surface area contributed by atoms with E-state index in [-0.39, 0.29) is 11.9 Å². The highest BCUT2D eigenvalue weighted by molar-refractivity contribution is 7.09. The Balaban J connectivity index is 1.64. The number of benzene rings is 1. The third kappa shape index (κ3) is 2.17. The fraction of sp³-hybridized carbons (Fsp3) is 0.214. The molecule has 2 N–H and O–H groups in total. The maximum absolute atomic E-state index is 11.9. The standard InChI is InChI=1S/C14H14N2OS/c17-14-13(11-5-1-2-6-12(11)16-14)15-8-7-10-4-3-9-18-10/h1-6,9,13,15H,7-8H2,(H,16,17). The van der Waals surface area contributed by atoms with Crippen molar-refractivity contribution in [2.75, 3.05) is 11.9 Å². The van der Waals surface area contributed by atoms with Crippen molar-refractivity contribution < 1.29 is 4.79 Å². The van der Waals surface area contributed by atoms with Gasteiger partial charge >= 0.3 is 0 Å². The minimum absolute atomic E-state index is 0.0439. The minimum atomic E-state index is -0.207.